The fourth-order valence-corrected chi connectivity index (χ4v) is 3.97. The van der Waals surface area contributed by atoms with Crippen molar-refractivity contribution >= 4 is 23.5 Å². The van der Waals surface area contributed by atoms with E-state index in [1.54, 1.807) is 6.20 Å². The molecule has 0 bridgehead atoms. The van der Waals surface area contributed by atoms with Crippen LogP contribution in [0, 0.1) is 0 Å². The Morgan fingerprint density at radius 1 is 0.939 bits per heavy atom. The number of oxazole rings is 1. The molecule has 2 aromatic carbocycles. The zero-order valence-electron chi connectivity index (χ0n) is 18.3. The molecule has 4 aromatic rings. The number of ether oxygens (including phenoxy) is 3. The van der Waals surface area contributed by atoms with E-state index in [-0.39, 0.29) is 19.2 Å². The Hall–Kier alpha value is -3.09. The van der Waals surface area contributed by atoms with Gasteiger partial charge in [-0.2, -0.15) is 0 Å². The predicted octanol–water partition coefficient (Wildman–Crippen LogP) is 6.11. The zero-order chi connectivity index (χ0) is 21.6. The number of pyridine rings is 1. The minimum atomic E-state index is 0. The fraction of sp³-hybridized carbons (Fsp3) is 0.308. The van der Waals surface area contributed by atoms with E-state index in [9.17, 15) is 0 Å². The van der Waals surface area contributed by atoms with Crippen LogP contribution in [0.2, 0.25) is 0 Å². The van der Waals surface area contributed by atoms with E-state index >= 15 is 0 Å². The van der Waals surface area contributed by atoms with Gasteiger partial charge in [-0.15, -0.1) is 12.4 Å². The van der Waals surface area contributed by atoms with Gasteiger partial charge in [0.05, 0.1) is 11.8 Å². The summed E-state index contributed by atoms with van der Waals surface area (Å²) < 4.78 is 23.5. The maximum Gasteiger partial charge on any atom is 0.200 e. The number of para-hydroxylation sites is 1. The molecule has 0 atom stereocenters. The third-order valence-electron chi connectivity index (χ3n) is 5.61. The lowest BCUT2D eigenvalue weighted by Crippen LogP contribution is -2.12. The van der Waals surface area contributed by atoms with Crippen molar-refractivity contribution in [2.24, 2.45) is 0 Å². The summed E-state index contributed by atoms with van der Waals surface area (Å²) in [7, 11) is 0. The standard InChI is InChI=1S/C26H26N2O4.ClH/c1-2-10-21(9-1)30-18-31-22-11-5-7-19(15-22)16-25-28-26-23(12-6-13-24(26)32-25)29-17-20-8-3-4-14-27-20;/h3-8,11-15,21H,1-2,9-10,16-18H2;1H. The molecular weight excluding hydrogens is 440 g/mol. The summed E-state index contributed by atoms with van der Waals surface area (Å²) >= 11 is 0. The molecule has 0 unspecified atom stereocenters. The summed E-state index contributed by atoms with van der Waals surface area (Å²) in [5.41, 5.74) is 3.35. The number of fused-ring (bicyclic) bond motifs is 1. The van der Waals surface area contributed by atoms with E-state index in [0.717, 1.165) is 35.4 Å². The molecule has 2 aromatic heterocycles. The molecule has 0 spiro atoms. The highest BCUT2D eigenvalue weighted by molar-refractivity contribution is 5.85. The smallest absolute Gasteiger partial charge is 0.200 e. The topological polar surface area (TPSA) is 66.6 Å². The summed E-state index contributed by atoms with van der Waals surface area (Å²) in [6.45, 7) is 0.665. The van der Waals surface area contributed by atoms with Crippen molar-refractivity contribution in [3.63, 3.8) is 0 Å². The lowest BCUT2D eigenvalue weighted by Gasteiger charge is -2.12. The molecule has 1 saturated carbocycles. The molecule has 7 heteroatoms. The van der Waals surface area contributed by atoms with E-state index in [4.69, 9.17) is 18.6 Å². The van der Waals surface area contributed by atoms with Gasteiger partial charge in [-0.05, 0) is 54.8 Å². The first kappa shape index (κ1) is 23.1. The lowest BCUT2D eigenvalue weighted by atomic mass is 10.1. The van der Waals surface area contributed by atoms with Crippen LogP contribution in [0.25, 0.3) is 11.1 Å². The van der Waals surface area contributed by atoms with Gasteiger partial charge in [0, 0.05) is 12.6 Å². The molecule has 0 saturated heterocycles. The molecule has 172 valence electrons. The second-order valence-electron chi connectivity index (χ2n) is 7.98. The molecular formula is C26H27ClN2O4. The summed E-state index contributed by atoms with van der Waals surface area (Å²) in [5, 5.41) is 0. The van der Waals surface area contributed by atoms with Gasteiger partial charge in [0.1, 0.15) is 18.1 Å². The Morgan fingerprint density at radius 3 is 2.67 bits per heavy atom. The minimum absolute atomic E-state index is 0. The monoisotopic (exact) mass is 466 g/mol. The third-order valence-corrected chi connectivity index (χ3v) is 5.61. The van der Waals surface area contributed by atoms with Gasteiger partial charge < -0.3 is 18.6 Å². The minimum Gasteiger partial charge on any atom is -0.485 e. The van der Waals surface area contributed by atoms with Crippen molar-refractivity contribution in [3.8, 4) is 11.5 Å². The second-order valence-corrected chi connectivity index (χ2v) is 7.98. The molecule has 0 radical (unpaired) electrons. The van der Waals surface area contributed by atoms with Gasteiger partial charge in [-0.25, -0.2) is 4.98 Å². The van der Waals surface area contributed by atoms with Gasteiger partial charge >= 0.3 is 0 Å². The molecule has 0 aliphatic heterocycles. The van der Waals surface area contributed by atoms with Crippen LogP contribution in [0.3, 0.4) is 0 Å². The van der Waals surface area contributed by atoms with Crippen LogP contribution in [-0.4, -0.2) is 22.9 Å². The van der Waals surface area contributed by atoms with E-state index in [1.165, 1.54) is 12.8 Å². The lowest BCUT2D eigenvalue weighted by molar-refractivity contribution is -0.0325. The molecule has 33 heavy (non-hydrogen) atoms. The number of nitrogens with zero attached hydrogens (tertiary/aromatic N) is 2. The Bertz CT molecular complexity index is 1160. The van der Waals surface area contributed by atoms with Crippen molar-refractivity contribution in [1.29, 1.82) is 0 Å². The Balaban J connectivity index is 0.00000259. The van der Waals surface area contributed by atoms with Gasteiger partial charge in [0.25, 0.3) is 0 Å². The fourth-order valence-electron chi connectivity index (χ4n) is 3.97. The van der Waals surface area contributed by atoms with Crippen molar-refractivity contribution < 1.29 is 18.6 Å². The Labute approximate surface area is 199 Å². The number of rotatable bonds is 9. The maximum absolute atomic E-state index is 5.98. The van der Waals surface area contributed by atoms with E-state index in [0.29, 0.717) is 36.4 Å². The molecule has 2 heterocycles. The average Bonchev–Trinajstić information content (AvgIpc) is 3.48. The normalized spacial score (nSPS) is 13.7. The summed E-state index contributed by atoms with van der Waals surface area (Å²) in [6.07, 6.45) is 7.43. The van der Waals surface area contributed by atoms with E-state index in [1.807, 2.05) is 60.7 Å². The molecule has 1 fully saturated rings. The van der Waals surface area contributed by atoms with Crippen LogP contribution in [0.5, 0.6) is 11.5 Å². The molecule has 5 rings (SSSR count). The average molecular weight is 467 g/mol. The summed E-state index contributed by atoms with van der Waals surface area (Å²) in [6, 6.07) is 19.4. The highest BCUT2D eigenvalue weighted by atomic mass is 35.5. The first-order valence-corrected chi connectivity index (χ1v) is 11.1. The first-order chi connectivity index (χ1) is 15.8. The summed E-state index contributed by atoms with van der Waals surface area (Å²) in [5.74, 6) is 2.11. The third kappa shape index (κ3) is 6.03. The number of hydrogen-bond donors (Lipinski definition) is 0. The van der Waals surface area contributed by atoms with Crippen LogP contribution >= 0.6 is 12.4 Å². The largest absolute Gasteiger partial charge is 0.485 e. The van der Waals surface area contributed by atoms with Crippen molar-refractivity contribution in [1.82, 2.24) is 9.97 Å². The quantitative estimate of drug-likeness (QED) is 0.277. The van der Waals surface area contributed by atoms with Crippen LogP contribution in [-0.2, 0) is 17.8 Å². The van der Waals surface area contributed by atoms with Gasteiger partial charge in [-0.3, -0.25) is 4.98 Å². The molecule has 1 aliphatic rings. The summed E-state index contributed by atoms with van der Waals surface area (Å²) in [4.78, 5) is 8.98. The van der Waals surface area contributed by atoms with Crippen LogP contribution in [0.4, 0.5) is 0 Å². The zero-order valence-corrected chi connectivity index (χ0v) is 19.1. The van der Waals surface area contributed by atoms with Gasteiger partial charge in [0.2, 0.25) is 0 Å². The molecule has 0 N–H and O–H groups in total. The van der Waals surface area contributed by atoms with Crippen LogP contribution in [0.15, 0.2) is 71.3 Å². The molecule has 1 aliphatic carbocycles. The van der Waals surface area contributed by atoms with Crippen LogP contribution < -0.4 is 9.47 Å². The van der Waals surface area contributed by atoms with E-state index < -0.39 is 0 Å². The van der Waals surface area contributed by atoms with Crippen LogP contribution in [0.1, 0.15) is 42.8 Å². The first-order valence-electron chi connectivity index (χ1n) is 11.1. The highest BCUT2D eigenvalue weighted by Crippen LogP contribution is 2.28. The molecule has 0 amide bonds. The number of hydrogen-bond acceptors (Lipinski definition) is 6. The highest BCUT2D eigenvalue weighted by Gasteiger charge is 2.15. The Kier molecular flexibility index (Phi) is 7.81. The molecule has 6 nitrogen and oxygen atoms in total. The number of benzene rings is 2. The van der Waals surface area contributed by atoms with Gasteiger partial charge in [-0.1, -0.05) is 37.1 Å². The van der Waals surface area contributed by atoms with Crippen molar-refractivity contribution in [3.05, 3.63) is 84.0 Å². The second kappa shape index (κ2) is 11.2. The van der Waals surface area contributed by atoms with Crippen molar-refractivity contribution in [2.45, 2.75) is 44.8 Å². The SMILES string of the molecule is Cl.c1ccc(COc2cccc3oc(Cc4cccc(OCOC5CCCC5)c4)nc23)nc1. The predicted molar refractivity (Wildman–Crippen MR) is 128 cm³/mol. The number of aromatic nitrogens is 2. The van der Waals surface area contributed by atoms with E-state index in [2.05, 4.69) is 9.97 Å². The maximum atomic E-state index is 5.98. The number of halogens is 1. The Morgan fingerprint density at radius 2 is 1.82 bits per heavy atom. The van der Waals surface area contributed by atoms with Crippen molar-refractivity contribution in [2.75, 3.05) is 6.79 Å². The van der Waals surface area contributed by atoms with Gasteiger partial charge in [0.15, 0.2) is 23.8 Å².